The van der Waals surface area contributed by atoms with Crippen LogP contribution in [-0.4, -0.2) is 28.8 Å². The second kappa shape index (κ2) is 6.03. The van der Waals surface area contributed by atoms with Gasteiger partial charge in [0.25, 0.3) is 0 Å². The highest BCUT2D eigenvalue weighted by Crippen LogP contribution is 2.49. The zero-order valence-corrected chi connectivity index (χ0v) is 13.1. The average Bonchev–Trinajstić information content (AvgIpc) is 2.95. The van der Waals surface area contributed by atoms with Crippen LogP contribution in [0.1, 0.15) is 51.0 Å². The van der Waals surface area contributed by atoms with Gasteiger partial charge in [0, 0.05) is 24.7 Å². The van der Waals surface area contributed by atoms with Crippen molar-refractivity contribution in [2.24, 2.45) is 17.8 Å². The highest BCUT2D eigenvalue weighted by Gasteiger charge is 2.47. The van der Waals surface area contributed by atoms with Crippen molar-refractivity contribution in [3.8, 4) is 0 Å². The predicted octanol–water partition coefficient (Wildman–Crippen LogP) is 2.57. The van der Waals surface area contributed by atoms with Crippen molar-refractivity contribution in [1.29, 1.82) is 0 Å². The van der Waals surface area contributed by atoms with Crippen LogP contribution in [0.3, 0.4) is 0 Å². The Hall–Kier alpha value is -1.36. The zero-order valence-electron chi connectivity index (χ0n) is 13.1. The molecule has 1 aromatic rings. The van der Waals surface area contributed by atoms with Crippen LogP contribution in [-0.2, 0) is 4.79 Å². The summed E-state index contributed by atoms with van der Waals surface area (Å²) >= 11 is 0. The molecule has 4 rings (SSSR count). The van der Waals surface area contributed by atoms with Gasteiger partial charge >= 0.3 is 0 Å². The monoisotopic (exact) mass is 302 g/mol. The number of anilines is 1. The first-order valence-corrected chi connectivity index (χ1v) is 8.88. The quantitative estimate of drug-likeness (QED) is 0.898. The Kier molecular flexibility index (Phi) is 3.90. The smallest absolute Gasteiger partial charge is 0.228 e. The minimum atomic E-state index is 0.186. The van der Waals surface area contributed by atoms with E-state index in [9.17, 15) is 4.79 Å². The zero-order chi connectivity index (χ0) is 14.9. The van der Waals surface area contributed by atoms with E-state index in [0.717, 1.165) is 31.8 Å². The number of nitrogens with zero attached hydrogens (tertiary/aromatic N) is 2. The Morgan fingerprint density at radius 1 is 1.27 bits per heavy atom. The van der Waals surface area contributed by atoms with Crippen molar-refractivity contribution in [2.75, 3.05) is 18.4 Å². The van der Waals surface area contributed by atoms with Crippen molar-refractivity contribution in [3.05, 3.63) is 12.3 Å². The number of aromatic nitrogens is 2. The van der Waals surface area contributed by atoms with Gasteiger partial charge in [-0.05, 0) is 31.2 Å². The molecule has 0 unspecified atom stereocenters. The molecular formula is C17H26N4O. The molecular weight excluding hydrogens is 276 g/mol. The molecule has 0 aromatic carbocycles. The molecule has 0 spiro atoms. The van der Waals surface area contributed by atoms with E-state index in [-0.39, 0.29) is 11.8 Å². The van der Waals surface area contributed by atoms with Crippen LogP contribution in [0.15, 0.2) is 12.3 Å². The van der Waals surface area contributed by atoms with Crippen LogP contribution in [0.4, 0.5) is 5.82 Å². The van der Waals surface area contributed by atoms with E-state index in [1.807, 2.05) is 16.9 Å². The summed E-state index contributed by atoms with van der Waals surface area (Å²) in [5.41, 5.74) is 0. The highest BCUT2D eigenvalue weighted by atomic mass is 16.2. The number of hydrogen-bond donors (Lipinski definition) is 2. The molecule has 2 N–H and O–H groups in total. The van der Waals surface area contributed by atoms with Crippen LogP contribution in [0.2, 0.25) is 0 Å². The Bertz CT molecular complexity index is 529. The topological polar surface area (TPSA) is 59.0 Å². The lowest BCUT2D eigenvalue weighted by molar-refractivity contribution is -0.117. The summed E-state index contributed by atoms with van der Waals surface area (Å²) in [4.78, 5) is 12.4. The largest absolute Gasteiger partial charge is 0.315 e. The number of carbonyl (C=O) groups is 1. The molecule has 0 radical (unpaired) electrons. The van der Waals surface area contributed by atoms with E-state index in [2.05, 4.69) is 15.7 Å². The lowest BCUT2D eigenvalue weighted by Crippen LogP contribution is -2.19. The molecule has 1 aromatic heterocycles. The molecule has 5 heteroatoms. The molecule has 1 aliphatic heterocycles. The maximum atomic E-state index is 12.4. The van der Waals surface area contributed by atoms with Gasteiger partial charge in [0.1, 0.15) is 0 Å². The van der Waals surface area contributed by atoms with Crippen molar-refractivity contribution >= 4 is 11.7 Å². The number of hydrogen-bond acceptors (Lipinski definition) is 3. The maximum absolute atomic E-state index is 12.4. The maximum Gasteiger partial charge on any atom is 0.228 e. The number of rotatable bonds is 4. The van der Waals surface area contributed by atoms with E-state index in [1.165, 1.54) is 32.1 Å². The van der Waals surface area contributed by atoms with E-state index in [0.29, 0.717) is 17.8 Å². The van der Waals surface area contributed by atoms with E-state index < -0.39 is 0 Å². The van der Waals surface area contributed by atoms with Crippen molar-refractivity contribution in [3.63, 3.8) is 0 Å². The third kappa shape index (κ3) is 2.91. The summed E-state index contributed by atoms with van der Waals surface area (Å²) in [5, 5.41) is 10.9. The van der Waals surface area contributed by atoms with Crippen molar-refractivity contribution < 1.29 is 4.79 Å². The minimum Gasteiger partial charge on any atom is -0.315 e. The first-order chi connectivity index (χ1) is 10.8. The van der Waals surface area contributed by atoms with Gasteiger partial charge in [0.15, 0.2) is 5.82 Å². The number of carbonyl (C=O) groups excluding carboxylic acids is 1. The van der Waals surface area contributed by atoms with Gasteiger partial charge in [-0.2, -0.15) is 5.10 Å². The Balaban J connectivity index is 1.31. The van der Waals surface area contributed by atoms with Gasteiger partial charge in [-0.25, -0.2) is 0 Å². The van der Waals surface area contributed by atoms with Crippen molar-refractivity contribution in [1.82, 2.24) is 15.1 Å². The molecule has 2 heterocycles. The van der Waals surface area contributed by atoms with Gasteiger partial charge in [-0.3, -0.25) is 9.48 Å². The second-order valence-electron chi connectivity index (χ2n) is 7.22. The van der Waals surface area contributed by atoms with Crippen LogP contribution in [0.5, 0.6) is 0 Å². The van der Waals surface area contributed by atoms with E-state index in [1.54, 1.807) is 0 Å². The summed E-state index contributed by atoms with van der Waals surface area (Å²) in [5.74, 6) is 2.58. The van der Waals surface area contributed by atoms with Crippen LogP contribution < -0.4 is 10.6 Å². The van der Waals surface area contributed by atoms with Gasteiger partial charge in [-0.15, -0.1) is 0 Å². The molecule has 3 aliphatic rings. The Morgan fingerprint density at radius 3 is 2.91 bits per heavy atom. The molecule has 22 heavy (non-hydrogen) atoms. The van der Waals surface area contributed by atoms with Gasteiger partial charge in [-0.1, -0.05) is 32.1 Å². The third-order valence-electron chi connectivity index (χ3n) is 5.70. The minimum absolute atomic E-state index is 0.186. The molecule has 5 nitrogen and oxygen atoms in total. The van der Waals surface area contributed by atoms with Crippen LogP contribution in [0.25, 0.3) is 0 Å². The molecule has 0 bridgehead atoms. The molecule has 3 atom stereocenters. The van der Waals surface area contributed by atoms with E-state index >= 15 is 0 Å². The summed E-state index contributed by atoms with van der Waals surface area (Å²) in [6, 6.07) is 2.36. The molecule has 2 aliphatic carbocycles. The summed E-state index contributed by atoms with van der Waals surface area (Å²) in [7, 11) is 0. The predicted molar refractivity (Wildman–Crippen MR) is 85.6 cm³/mol. The van der Waals surface area contributed by atoms with Gasteiger partial charge in [0.2, 0.25) is 5.91 Å². The summed E-state index contributed by atoms with van der Waals surface area (Å²) in [6.45, 7) is 2.03. The second-order valence-corrected chi connectivity index (χ2v) is 7.22. The van der Waals surface area contributed by atoms with Crippen molar-refractivity contribution in [2.45, 2.75) is 51.0 Å². The lowest BCUT2D eigenvalue weighted by Gasteiger charge is -2.21. The number of amides is 1. The molecule has 3 fully saturated rings. The standard InChI is InChI=1S/C17H26N4O/c22-17(15-10-14(15)12-4-2-1-3-5-12)19-16-7-9-21(20-16)13-6-8-18-11-13/h7,9,12-15,18H,1-6,8,10-11H2,(H,19,20,22)/t13-,14-,15+/m1/s1. The first kappa shape index (κ1) is 14.2. The Labute approximate surface area is 131 Å². The SMILES string of the molecule is O=C(Nc1ccn([C@@H]2CCNC2)n1)[C@H]1C[C@@H]1C1CCCCC1. The molecule has 120 valence electrons. The van der Waals surface area contributed by atoms with Gasteiger partial charge < -0.3 is 10.6 Å². The van der Waals surface area contributed by atoms with Crippen LogP contribution in [0, 0.1) is 17.8 Å². The molecule has 1 amide bonds. The third-order valence-corrected chi connectivity index (χ3v) is 5.70. The first-order valence-electron chi connectivity index (χ1n) is 8.88. The molecule has 1 saturated heterocycles. The van der Waals surface area contributed by atoms with E-state index in [4.69, 9.17) is 0 Å². The molecule has 2 saturated carbocycles. The summed E-state index contributed by atoms with van der Waals surface area (Å²) < 4.78 is 1.99. The normalized spacial score (nSPS) is 32.1. The fourth-order valence-corrected chi connectivity index (χ4v) is 4.29. The average molecular weight is 302 g/mol. The summed E-state index contributed by atoms with van der Waals surface area (Å²) in [6.07, 6.45) is 10.9. The highest BCUT2D eigenvalue weighted by molar-refractivity contribution is 5.93. The number of nitrogens with one attached hydrogen (secondary N) is 2. The van der Waals surface area contributed by atoms with Gasteiger partial charge in [0.05, 0.1) is 6.04 Å². The van der Waals surface area contributed by atoms with Crippen LogP contribution >= 0.6 is 0 Å². The fraction of sp³-hybridized carbons (Fsp3) is 0.765. The fourth-order valence-electron chi connectivity index (χ4n) is 4.29. The Morgan fingerprint density at radius 2 is 2.14 bits per heavy atom. The lowest BCUT2D eigenvalue weighted by atomic mass is 9.85.